The molecule has 2 aliphatic heterocycles. The number of carbonyl (C=O) groups is 1. The fourth-order valence-corrected chi connectivity index (χ4v) is 3.30. The summed E-state index contributed by atoms with van der Waals surface area (Å²) in [5, 5.41) is 3.51. The standard InChI is InChI=1S/C16H31N3O2/c1-5-12(4)15-16(20)19(14(6-2)17-15)11-13-10-18(7-3)8-9-21-13/h12-15,17H,5-11H2,1-4H3. The third-order valence-electron chi connectivity index (χ3n) is 4.97. The lowest BCUT2D eigenvalue weighted by Gasteiger charge is -2.35. The number of nitrogens with one attached hydrogen (secondary N) is 1. The molecule has 122 valence electrons. The summed E-state index contributed by atoms with van der Waals surface area (Å²) in [7, 11) is 0. The van der Waals surface area contributed by atoms with Crippen molar-refractivity contribution < 1.29 is 9.53 Å². The van der Waals surface area contributed by atoms with E-state index in [0.717, 1.165) is 39.1 Å². The number of amides is 1. The smallest absolute Gasteiger partial charge is 0.241 e. The molecule has 21 heavy (non-hydrogen) atoms. The van der Waals surface area contributed by atoms with Crippen LogP contribution in [-0.4, -0.2) is 66.8 Å². The minimum absolute atomic E-state index is 0.0224. The van der Waals surface area contributed by atoms with Gasteiger partial charge < -0.3 is 9.64 Å². The number of rotatable bonds is 6. The molecule has 5 nitrogen and oxygen atoms in total. The van der Waals surface area contributed by atoms with Gasteiger partial charge in [0.1, 0.15) is 0 Å². The van der Waals surface area contributed by atoms with Gasteiger partial charge in [-0.3, -0.25) is 15.0 Å². The van der Waals surface area contributed by atoms with E-state index in [9.17, 15) is 4.79 Å². The van der Waals surface area contributed by atoms with Crippen LogP contribution in [0.5, 0.6) is 0 Å². The molecule has 1 N–H and O–H groups in total. The summed E-state index contributed by atoms with van der Waals surface area (Å²) in [4.78, 5) is 17.1. The van der Waals surface area contributed by atoms with E-state index in [0.29, 0.717) is 12.5 Å². The summed E-state index contributed by atoms with van der Waals surface area (Å²) in [5.74, 6) is 0.643. The Balaban J connectivity index is 1.98. The van der Waals surface area contributed by atoms with Crippen LogP contribution in [0.25, 0.3) is 0 Å². The van der Waals surface area contributed by atoms with Crippen molar-refractivity contribution in [2.45, 2.75) is 58.8 Å². The highest BCUT2D eigenvalue weighted by Gasteiger charge is 2.41. The fraction of sp³-hybridized carbons (Fsp3) is 0.938. The summed E-state index contributed by atoms with van der Waals surface area (Å²) >= 11 is 0. The molecule has 0 bridgehead atoms. The Labute approximate surface area is 129 Å². The second-order valence-corrected chi connectivity index (χ2v) is 6.33. The van der Waals surface area contributed by atoms with Crippen molar-refractivity contribution in [3.05, 3.63) is 0 Å². The third kappa shape index (κ3) is 3.76. The Morgan fingerprint density at radius 3 is 2.76 bits per heavy atom. The van der Waals surface area contributed by atoms with E-state index in [4.69, 9.17) is 4.74 Å². The molecule has 0 spiro atoms. The summed E-state index contributed by atoms with van der Waals surface area (Å²) < 4.78 is 5.87. The molecular weight excluding hydrogens is 266 g/mol. The first-order chi connectivity index (χ1) is 10.1. The maximum Gasteiger partial charge on any atom is 0.241 e. The largest absolute Gasteiger partial charge is 0.374 e. The zero-order valence-corrected chi connectivity index (χ0v) is 14.0. The van der Waals surface area contributed by atoms with E-state index >= 15 is 0 Å². The number of carbonyl (C=O) groups excluding carboxylic acids is 1. The highest BCUT2D eigenvalue weighted by molar-refractivity contribution is 5.84. The Kier molecular flexibility index (Phi) is 6.02. The first kappa shape index (κ1) is 16.7. The van der Waals surface area contributed by atoms with Crippen LogP contribution in [0.2, 0.25) is 0 Å². The van der Waals surface area contributed by atoms with Gasteiger partial charge in [0.15, 0.2) is 0 Å². The van der Waals surface area contributed by atoms with Crippen molar-refractivity contribution >= 4 is 5.91 Å². The van der Waals surface area contributed by atoms with Crippen molar-refractivity contribution in [1.29, 1.82) is 0 Å². The minimum Gasteiger partial charge on any atom is -0.374 e. The normalized spacial score (nSPS) is 32.7. The first-order valence-electron chi connectivity index (χ1n) is 8.51. The van der Waals surface area contributed by atoms with Crippen LogP contribution < -0.4 is 5.32 Å². The van der Waals surface area contributed by atoms with Gasteiger partial charge in [-0.2, -0.15) is 0 Å². The van der Waals surface area contributed by atoms with Crippen LogP contribution in [0.15, 0.2) is 0 Å². The fourth-order valence-electron chi connectivity index (χ4n) is 3.30. The SMILES string of the molecule is CCC(C)C1NC(CC)N(CC2CN(CC)CCO2)C1=O. The Hall–Kier alpha value is -0.650. The summed E-state index contributed by atoms with van der Waals surface area (Å²) in [5.41, 5.74) is 0. The summed E-state index contributed by atoms with van der Waals surface area (Å²) in [6.07, 6.45) is 2.28. The number of hydrogen-bond donors (Lipinski definition) is 1. The number of nitrogens with zero attached hydrogens (tertiary/aromatic N) is 2. The van der Waals surface area contributed by atoms with Gasteiger partial charge in [0.05, 0.1) is 24.9 Å². The molecule has 0 radical (unpaired) electrons. The van der Waals surface area contributed by atoms with Crippen LogP contribution in [0, 0.1) is 5.92 Å². The molecule has 2 fully saturated rings. The van der Waals surface area contributed by atoms with Gasteiger partial charge in [0.2, 0.25) is 5.91 Å². The minimum atomic E-state index is -0.0224. The monoisotopic (exact) mass is 297 g/mol. The van der Waals surface area contributed by atoms with Crippen molar-refractivity contribution in [2.24, 2.45) is 5.92 Å². The molecule has 0 aromatic carbocycles. The molecule has 5 heteroatoms. The van der Waals surface area contributed by atoms with Gasteiger partial charge >= 0.3 is 0 Å². The maximum atomic E-state index is 12.7. The van der Waals surface area contributed by atoms with E-state index in [1.165, 1.54) is 0 Å². The third-order valence-corrected chi connectivity index (χ3v) is 4.97. The molecule has 0 aromatic heterocycles. The van der Waals surface area contributed by atoms with E-state index < -0.39 is 0 Å². The second-order valence-electron chi connectivity index (χ2n) is 6.33. The van der Waals surface area contributed by atoms with E-state index in [1.54, 1.807) is 0 Å². The summed E-state index contributed by atoms with van der Waals surface area (Å²) in [6.45, 7) is 13.1. The highest BCUT2D eigenvalue weighted by Crippen LogP contribution is 2.22. The quantitative estimate of drug-likeness (QED) is 0.802. The summed E-state index contributed by atoms with van der Waals surface area (Å²) in [6, 6.07) is -0.0224. The molecular formula is C16H31N3O2. The Morgan fingerprint density at radius 1 is 1.38 bits per heavy atom. The predicted octanol–water partition coefficient (Wildman–Crippen LogP) is 1.29. The van der Waals surface area contributed by atoms with Crippen LogP contribution in [0.3, 0.4) is 0 Å². The zero-order valence-electron chi connectivity index (χ0n) is 14.0. The van der Waals surface area contributed by atoms with Crippen LogP contribution in [-0.2, 0) is 9.53 Å². The lowest BCUT2D eigenvalue weighted by Crippen LogP contribution is -2.50. The van der Waals surface area contributed by atoms with Gasteiger partial charge in [-0.25, -0.2) is 0 Å². The van der Waals surface area contributed by atoms with Crippen molar-refractivity contribution in [3.8, 4) is 0 Å². The Bertz CT molecular complexity index is 350. The number of hydrogen-bond acceptors (Lipinski definition) is 4. The number of likely N-dealkylation sites (N-methyl/N-ethyl adjacent to an activating group) is 1. The molecule has 0 aromatic rings. The van der Waals surface area contributed by atoms with Gasteiger partial charge in [-0.15, -0.1) is 0 Å². The van der Waals surface area contributed by atoms with Gasteiger partial charge in [-0.05, 0) is 18.9 Å². The van der Waals surface area contributed by atoms with Crippen molar-refractivity contribution in [3.63, 3.8) is 0 Å². The second kappa shape index (κ2) is 7.56. The van der Waals surface area contributed by atoms with Gasteiger partial charge in [-0.1, -0.05) is 34.1 Å². The van der Waals surface area contributed by atoms with E-state index in [1.807, 2.05) is 4.90 Å². The molecule has 2 heterocycles. The topological polar surface area (TPSA) is 44.8 Å². The number of ether oxygens (including phenoxy) is 1. The van der Waals surface area contributed by atoms with Crippen LogP contribution in [0.1, 0.15) is 40.5 Å². The zero-order chi connectivity index (χ0) is 15.4. The molecule has 2 saturated heterocycles. The average molecular weight is 297 g/mol. The Morgan fingerprint density at radius 2 is 2.14 bits per heavy atom. The molecule has 0 saturated carbocycles. The number of morpholine rings is 1. The van der Waals surface area contributed by atoms with Crippen molar-refractivity contribution in [2.75, 3.05) is 32.8 Å². The molecule has 1 amide bonds. The van der Waals surface area contributed by atoms with Gasteiger partial charge in [0, 0.05) is 19.6 Å². The van der Waals surface area contributed by atoms with Crippen molar-refractivity contribution in [1.82, 2.24) is 15.1 Å². The lowest BCUT2D eigenvalue weighted by atomic mass is 9.99. The molecule has 4 unspecified atom stereocenters. The maximum absolute atomic E-state index is 12.7. The van der Waals surface area contributed by atoms with Gasteiger partial charge in [0.25, 0.3) is 0 Å². The predicted molar refractivity (Wildman–Crippen MR) is 84.0 cm³/mol. The van der Waals surface area contributed by atoms with E-state index in [2.05, 4.69) is 37.9 Å². The molecule has 4 atom stereocenters. The highest BCUT2D eigenvalue weighted by atomic mass is 16.5. The lowest BCUT2D eigenvalue weighted by molar-refractivity contribution is -0.134. The molecule has 0 aliphatic carbocycles. The van der Waals surface area contributed by atoms with Crippen LogP contribution in [0.4, 0.5) is 0 Å². The van der Waals surface area contributed by atoms with E-state index in [-0.39, 0.29) is 24.2 Å². The molecule has 2 rings (SSSR count). The first-order valence-corrected chi connectivity index (χ1v) is 8.51. The molecule has 2 aliphatic rings. The average Bonchev–Trinajstić information content (AvgIpc) is 2.83. The van der Waals surface area contributed by atoms with Crippen LogP contribution >= 0.6 is 0 Å².